The lowest BCUT2D eigenvalue weighted by Gasteiger charge is -2.10. The van der Waals surface area contributed by atoms with Crippen molar-refractivity contribution in [2.45, 2.75) is 24.7 Å². The van der Waals surface area contributed by atoms with E-state index in [4.69, 9.17) is 0 Å². The van der Waals surface area contributed by atoms with Gasteiger partial charge in [-0.2, -0.15) is 0 Å². The summed E-state index contributed by atoms with van der Waals surface area (Å²) in [6, 6.07) is 13.2. The highest BCUT2D eigenvalue weighted by Crippen LogP contribution is 2.19. The first-order valence-electron chi connectivity index (χ1n) is 8.05. The van der Waals surface area contributed by atoms with Crippen molar-refractivity contribution in [3.63, 3.8) is 0 Å². The Kier molecular flexibility index (Phi) is 8.57. The number of sulfonamides is 1. The van der Waals surface area contributed by atoms with E-state index in [9.17, 15) is 13.2 Å². The van der Waals surface area contributed by atoms with Crippen LogP contribution in [0.25, 0.3) is 0 Å². The molecular weight excluding hydrogens is 374 g/mol. The fraction of sp³-hybridized carbons (Fsp3) is 0.278. The number of hydrogen-bond acceptors (Lipinski definition) is 4. The summed E-state index contributed by atoms with van der Waals surface area (Å²) >= 11 is 0. The van der Waals surface area contributed by atoms with Crippen LogP contribution in [0.15, 0.2) is 53.4 Å². The topological polar surface area (TPSA) is 87.3 Å². The van der Waals surface area contributed by atoms with E-state index in [-0.39, 0.29) is 23.2 Å². The molecule has 0 atom stereocenters. The summed E-state index contributed by atoms with van der Waals surface area (Å²) in [5.74, 6) is -0.0664. The van der Waals surface area contributed by atoms with Gasteiger partial charge in [0.15, 0.2) is 0 Å². The molecule has 6 nitrogen and oxygen atoms in total. The minimum absolute atomic E-state index is 0. The summed E-state index contributed by atoms with van der Waals surface area (Å²) in [5.41, 5.74) is 2.07. The number of hydrogen-bond donors (Lipinski definition) is 3. The Labute approximate surface area is 160 Å². The molecule has 2 aromatic rings. The number of halogens is 1. The third-order valence-electron chi connectivity index (χ3n) is 3.58. The van der Waals surface area contributed by atoms with Gasteiger partial charge in [0.05, 0.1) is 4.90 Å². The minimum Gasteiger partial charge on any atom is -0.326 e. The first kappa shape index (κ1) is 22.0. The van der Waals surface area contributed by atoms with E-state index in [0.29, 0.717) is 17.8 Å². The molecule has 2 aromatic carbocycles. The average Bonchev–Trinajstić information content (AvgIpc) is 2.57. The second-order valence-electron chi connectivity index (χ2n) is 5.75. The molecule has 0 saturated carbocycles. The fourth-order valence-corrected chi connectivity index (χ4v) is 3.26. The SMILES string of the molecule is CNCCCC(=O)Nc1ccc(NS(=O)(=O)c2ccc(C)cc2)cc1.Cl. The van der Waals surface area contributed by atoms with Gasteiger partial charge in [-0.1, -0.05) is 17.7 Å². The third kappa shape index (κ3) is 6.67. The zero-order valence-electron chi connectivity index (χ0n) is 14.8. The van der Waals surface area contributed by atoms with Crippen molar-refractivity contribution in [1.29, 1.82) is 0 Å². The van der Waals surface area contributed by atoms with Crippen LogP contribution in [0.5, 0.6) is 0 Å². The Balaban J connectivity index is 0.00000338. The summed E-state index contributed by atoms with van der Waals surface area (Å²) < 4.78 is 27.2. The molecule has 2 rings (SSSR count). The molecule has 142 valence electrons. The Bertz CT molecular complexity index is 807. The highest BCUT2D eigenvalue weighted by molar-refractivity contribution is 7.92. The molecule has 0 aromatic heterocycles. The van der Waals surface area contributed by atoms with E-state index >= 15 is 0 Å². The van der Waals surface area contributed by atoms with Gasteiger partial charge in [0.2, 0.25) is 5.91 Å². The normalized spacial score (nSPS) is 10.7. The number of nitrogens with one attached hydrogen (secondary N) is 3. The van der Waals surface area contributed by atoms with Crippen LogP contribution in [0.3, 0.4) is 0 Å². The largest absolute Gasteiger partial charge is 0.326 e. The van der Waals surface area contributed by atoms with Crippen molar-refractivity contribution in [2.24, 2.45) is 0 Å². The van der Waals surface area contributed by atoms with Crippen LogP contribution in [0, 0.1) is 6.92 Å². The van der Waals surface area contributed by atoms with E-state index < -0.39 is 10.0 Å². The first-order valence-corrected chi connectivity index (χ1v) is 9.53. The summed E-state index contributed by atoms with van der Waals surface area (Å²) in [4.78, 5) is 12.0. The lowest BCUT2D eigenvalue weighted by Crippen LogP contribution is -2.15. The van der Waals surface area contributed by atoms with E-state index in [0.717, 1.165) is 18.5 Å². The van der Waals surface area contributed by atoms with Crippen molar-refractivity contribution in [2.75, 3.05) is 23.6 Å². The summed E-state index contributed by atoms with van der Waals surface area (Å²) in [6.45, 7) is 2.68. The molecule has 0 aliphatic rings. The Morgan fingerprint density at radius 3 is 2.12 bits per heavy atom. The molecule has 1 amide bonds. The van der Waals surface area contributed by atoms with Gasteiger partial charge in [0.25, 0.3) is 10.0 Å². The molecule has 3 N–H and O–H groups in total. The standard InChI is InChI=1S/C18H23N3O3S.ClH/c1-14-5-11-17(12-6-14)25(23,24)21-16-9-7-15(8-10-16)20-18(22)4-3-13-19-2;/h5-12,19,21H,3-4,13H2,1-2H3,(H,20,22);1H. The third-order valence-corrected chi connectivity index (χ3v) is 4.98. The zero-order chi connectivity index (χ0) is 18.3. The quantitative estimate of drug-likeness (QED) is 0.597. The number of aryl methyl sites for hydroxylation is 1. The van der Waals surface area contributed by atoms with Crippen LogP contribution in [0.2, 0.25) is 0 Å². The van der Waals surface area contributed by atoms with Crippen LogP contribution in [-0.2, 0) is 14.8 Å². The molecular formula is C18H24ClN3O3S. The summed E-state index contributed by atoms with van der Waals surface area (Å²) in [7, 11) is -1.78. The Morgan fingerprint density at radius 2 is 1.54 bits per heavy atom. The average molecular weight is 398 g/mol. The van der Waals surface area contributed by atoms with Crippen LogP contribution in [-0.4, -0.2) is 27.9 Å². The van der Waals surface area contributed by atoms with Crippen molar-refractivity contribution < 1.29 is 13.2 Å². The Hall–Kier alpha value is -2.09. The number of amides is 1. The van der Waals surface area contributed by atoms with Crippen molar-refractivity contribution in [1.82, 2.24) is 5.32 Å². The number of benzene rings is 2. The molecule has 0 heterocycles. The second kappa shape index (κ2) is 10.2. The summed E-state index contributed by atoms with van der Waals surface area (Å²) in [5, 5.41) is 5.77. The molecule has 0 fully saturated rings. The maximum atomic E-state index is 12.3. The molecule has 0 bridgehead atoms. The van der Waals surface area contributed by atoms with Gasteiger partial charge in [-0.15, -0.1) is 12.4 Å². The van der Waals surface area contributed by atoms with Crippen molar-refractivity contribution in [3.05, 3.63) is 54.1 Å². The van der Waals surface area contributed by atoms with Gasteiger partial charge in [-0.3, -0.25) is 9.52 Å². The van der Waals surface area contributed by atoms with Gasteiger partial charge in [-0.05, 0) is 63.3 Å². The maximum absolute atomic E-state index is 12.3. The zero-order valence-corrected chi connectivity index (χ0v) is 16.4. The summed E-state index contributed by atoms with van der Waals surface area (Å²) in [6.07, 6.45) is 1.19. The van der Waals surface area contributed by atoms with Gasteiger partial charge >= 0.3 is 0 Å². The van der Waals surface area contributed by atoms with E-state index in [1.807, 2.05) is 14.0 Å². The van der Waals surface area contributed by atoms with Crippen LogP contribution in [0.4, 0.5) is 11.4 Å². The van der Waals surface area contributed by atoms with Crippen molar-refractivity contribution >= 4 is 39.7 Å². The lowest BCUT2D eigenvalue weighted by molar-refractivity contribution is -0.116. The minimum atomic E-state index is -3.63. The first-order chi connectivity index (χ1) is 11.9. The van der Waals surface area contributed by atoms with Crippen molar-refractivity contribution in [3.8, 4) is 0 Å². The van der Waals surface area contributed by atoms with E-state index in [1.165, 1.54) is 0 Å². The highest BCUT2D eigenvalue weighted by Gasteiger charge is 2.13. The number of rotatable bonds is 8. The molecule has 0 radical (unpaired) electrons. The van der Waals surface area contributed by atoms with Gasteiger partial charge in [0, 0.05) is 17.8 Å². The van der Waals surface area contributed by atoms with Crippen LogP contribution < -0.4 is 15.4 Å². The second-order valence-corrected chi connectivity index (χ2v) is 7.43. The van der Waals surface area contributed by atoms with Crippen LogP contribution >= 0.6 is 12.4 Å². The molecule has 0 unspecified atom stereocenters. The smallest absolute Gasteiger partial charge is 0.261 e. The van der Waals surface area contributed by atoms with Crippen LogP contribution in [0.1, 0.15) is 18.4 Å². The number of anilines is 2. The van der Waals surface area contributed by atoms with Gasteiger partial charge in [-0.25, -0.2) is 8.42 Å². The molecule has 8 heteroatoms. The lowest BCUT2D eigenvalue weighted by atomic mass is 10.2. The fourth-order valence-electron chi connectivity index (χ4n) is 2.20. The van der Waals surface area contributed by atoms with Gasteiger partial charge < -0.3 is 10.6 Å². The monoisotopic (exact) mass is 397 g/mol. The van der Waals surface area contributed by atoms with E-state index in [1.54, 1.807) is 48.5 Å². The predicted molar refractivity (Wildman–Crippen MR) is 107 cm³/mol. The molecule has 0 saturated heterocycles. The molecule has 0 spiro atoms. The Morgan fingerprint density at radius 1 is 0.962 bits per heavy atom. The highest BCUT2D eigenvalue weighted by atomic mass is 35.5. The molecule has 26 heavy (non-hydrogen) atoms. The molecule has 0 aliphatic heterocycles. The number of carbonyl (C=O) groups is 1. The predicted octanol–water partition coefficient (Wildman–Crippen LogP) is 3.16. The van der Waals surface area contributed by atoms with Gasteiger partial charge in [0.1, 0.15) is 0 Å². The number of carbonyl (C=O) groups excluding carboxylic acids is 1. The maximum Gasteiger partial charge on any atom is 0.261 e. The molecule has 0 aliphatic carbocycles. The van der Waals surface area contributed by atoms with E-state index in [2.05, 4.69) is 15.4 Å².